The Kier molecular flexibility index (Phi) is 45.8. The summed E-state index contributed by atoms with van der Waals surface area (Å²) in [5.74, 6) is -0.156. The minimum absolute atomic E-state index is 0.145. The monoisotopic (exact) mass is 978 g/mol. The van der Waals surface area contributed by atoms with E-state index in [0.29, 0.717) is 12.8 Å². The molecule has 1 saturated heterocycles. The Morgan fingerprint density at radius 1 is 0.500 bits per heavy atom. The van der Waals surface area contributed by atoms with Crippen molar-refractivity contribution < 1.29 is 39.8 Å². The van der Waals surface area contributed by atoms with E-state index in [1.165, 1.54) is 83.5 Å². The van der Waals surface area contributed by atoms with Gasteiger partial charge in [-0.1, -0.05) is 232 Å². The molecule has 1 rings (SSSR count). The highest BCUT2D eigenvalue weighted by Crippen LogP contribution is 2.23. The van der Waals surface area contributed by atoms with Gasteiger partial charge in [-0.15, -0.1) is 0 Å². The average molecular weight is 978 g/mol. The molecule has 9 heteroatoms. The maximum atomic E-state index is 13.0. The first-order valence-electron chi connectivity index (χ1n) is 28.1. The number of amides is 1. The van der Waals surface area contributed by atoms with Crippen LogP contribution in [0.25, 0.3) is 0 Å². The molecule has 1 aliphatic rings. The number of aliphatic hydroxyl groups excluding tert-OH is 5. The second kappa shape index (κ2) is 49.4. The fourth-order valence-corrected chi connectivity index (χ4v) is 8.21. The van der Waals surface area contributed by atoms with Crippen molar-refractivity contribution >= 4 is 5.91 Å². The normalized spacial score (nSPS) is 20.2. The summed E-state index contributed by atoms with van der Waals surface area (Å²) >= 11 is 0. The van der Waals surface area contributed by atoms with Gasteiger partial charge in [0.1, 0.15) is 24.4 Å². The summed E-state index contributed by atoms with van der Waals surface area (Å²) in [4.78, 5) is 13.0. The van der Waals surface area contributed by atoms with Gasteiger partial charge in [0.05, 0.1) is 25.4 Å². The summed E-state index contributed by atoms with van der Waals surface area (Å²) in [6, 6.07) is -0.724. The highest BCUT2D eigenvalue weighted by atomic mass is 16.7. The van der Waals surface area contributed by atoms with Crippen molar-refractivity contribution in [1.82, 2.24) is 5.32 Å². The van der Waals surface area contributed by atoms with Gasteiger partial charge in [0.25, 0.3) is 0 Å². The number of hydrogen-bond acceptors (Lipinski definition) is 8. The van der Waals surface area contributed by atoms with E-state index in [1.807, 2.05) is 0 Å². The zero-order valence-electron chi connectivity index (χ0n) is 44.2. The molecule has 0 aromatic rings. The highest BCUT2D eigenvalue weighted by molar-refractivity contribution is 5.76. The fourth-order valence-electron chi connectivity index (χ4n) is 8.21. The second-order valence-corrected chi connectivity index (χ2v) is 19.0. The van der Waals surface area contributed by atoms with Crippen LogP contribution >= 0.6 is 0 Å². The minimum atomic E-state index is -1.56. The summed E-state index contributed by atoms with van der Waals surface area (Å²) in [5.41, 5.74) is 0. The molecule has 0 aliphatic carbocycles. The first-order valence-corrected chi connectivity index (χ1v) is 28.1. The average Bonchev–Trinajstić information content (AvgIpc) is 3.36. The van der Waals surface area contributed by atoms with Crippen LogP contribution in [0.15, 0.2) is 109 Å². The molecule has 400 valence electrons. The molecule has 0 radical (unpaired) electrons. The molecular formula is C61H103NO8. The molecule has 0 aromatic carbocycles. The van der Waals surface area contributed by atoms with Gasteiger partial charge in [-0.3, -0.25) is 4.79 Å². The van der Waals surface area contributed by atoms with Gasteiger partial charge in [-0.2, -0.15) is 0 Å². The Bertz CT molecular complexity index is 1460. The summed E-state index contributed by atoms with van der Waals surface area (Å²) < 4.78 is 11.2. The third-order valence-electron chi connectivity index (χ3n) is 12.6. The molecule has 1 heterocycles. The summed E-state index contributed by atoms with van der Waals surface area (Å²) in [5, 5.41) is 54.3. The van der Waals surface area contributed by atoms with Crippen LogP contribution < -0.4 is 5.32 Å². The molecule has 0 saturated carbocycles. The summed E-state index contributed by atoms with van der Waals surface area (Å²) in [6.07, 6.45) is 65.7. The van der Waals surface area contributed by atoms with Crippen molar-refractivity contribution in [2.24, 2.45) is 0 Å². The summed E-state index contributed by atoms with van der Waals surface area (Å²) in [7, 11) is 0. The van der Waals surface area contributed by atoms with Crippen molar-refractivity contribution in [2.75, 3.05) is 13.2 Å². The number of nitrogens with one attached hydrogen (secondary N) is 1. The standard InChI is InChI=1S/C61H103NO8/c1-3-5-7-9-11-13-14-15-16-17-18-19-20-21-22-23-24-25-26-27-28-29-30-31-32-33-34-35-36-37-38-39-40-41-42-43-45-47-49-51-57(65)62-54(55(64)50-48-46-44-12-10-8-6-4-2)53-69-61-60(68)59(67)58(66)56(52-63)70-61/h5,7,11,13,15-16,18-19,21-22,24-25,27-28,30-31,33-34,54-56,58-61,63-64,66-68H,3-4,6,8-10,12,14,17,20,23,26,29,32,35-53H2,1-2H3,(H,62,65)/b7-5-,13-11-,16-15-,19-18-,22-21-,25-24-,28-27-,31-30-,34-33-. The molecule has 9 nitrogen and oxygen atoms in total. The molecule has 1 amide bonds. The quantitative estimate of drug-likeness (QED) is 0.0261. The van der Waals surface area contributed by atoms with Crippen molar-refractivity contribution in [2.45, 2.75) is 256 Å². The number of rotatable bonds is 46. The lowest BCUT2D eigenvalue weighted by molar-refractivity contribution is -0.302. The largest absolute Gasteiger partial charge is 0.394 e. The van der Waals surface area contributed by atoms with Gasteiger partial charge in [-0.05, 0) is 83.5 Å². The van der Waals surface area contributed by atoms with Crippen molar-refractivity contribution in [1.29, 1.82) is 0 Å². The maximum absolute atomic E-state index is 13.0. The topological polar surface area (TPSA) is 149 Å². The Balaban J connectivity index is 2.08. The number of aliphatic hydroxyl groups is 5. The smallest absolute Gasteiger partial charge is 0.220 e. The van der Waals surface area contributed by atoms with Gasteiger partial charge in [0.2, 0.25) is 5.91 Å². The van der Waals surface area contributed by atoms with Crippen LogP contribution in [0.1, 0.15) is 213 Å². The van der Waals surface area contributed by atoms with Gasteiger partial charge >= 0.3 is 0 Å². The fraction of sp³-hybridized carbons (Fsp3) is 0.689. The van der Waals surface area contributed by atoms with Crippen molar-refractivity contribution in [3.63, 3.8) is 0 Å². The van der Waals surface area contributed by atoms with E-state index >= 15 is 0 Å². The number of ether oxygens (including phenoxy) is 2. The lowest BCUT2D eigenvalue weighted by atomic mass is 9.99. The number of unbranched alkanes of at least 4 members (excludes halogenated alkanes) is 18. The van der Waals surface area contributed by atoms with Crippen LogP contribution in [-0.4, -0.2) is 87.5 Å². The van der Waals surface area contributed by atoms with E-state index in [4.69, 9.17) is 9.47 Å². The SMILES string of the molecule is CC/C=C\C/C=C\C/C=C\C/C=C\C/C=C\C/C=C\C/C=C\C/C=C\C/C=C\CCCCCCCCCCCCCC(=O)NC(COC1OC(CO)C(O)C(O)C1O)C(O)CCCCCCCCCC. The predicted molar refractivity (Wildman–Crippen MR) is 294 cm³/mol. The molecular weight excluding hydrogens is 875 g/mol. The molecule has 0 spiro atoms. The first kappa shape index (κ1) is 64.9. The summed E-state index contributed by atoms with van der Waals surface area (Å²) in [6.45, 7) is 3.67. The number of carbonyl (C=O) groups excluding carboxylic acids is 1. The van der Waals surface area contributed by atoms with Crippen LogP contribution in [0.4, 0.5) is 0 Å². The Morgan fingerprint density at radius 3 is 1.31 bits per heavy atom. The Morgan fingerprint density at radius 2 is 0.886 bits per heavy atom. The lowest BCUT2D eigenvalue weighted by Gasteiger charge is -2.40. The van der Waals surface area contributed by atoms with E-state index < -0.39 is 49.5 Å². The van der Waals surface area contributed by atoms with Gasteiger partial charge in [-0.25, -0.2) is 0 Å². The van der Waals surface area contributed by atoms with Gasteiger partial charge < -0.3 is 40.3 Å². The Labute approximate surface area is 427 Å². The molecule has 6 N–H and O–H groups in total. The zero-order chi connectivity index (χ0) is 50.8. The molecule has 0 bridgehead atoms. The van der Waals surface area contributed by atoms with Crippen LogP contribution in [0.5, 0.6) is 0 Å². The Hall–Kier alpha value is -3.15. The first-order chi connectivity index (χ1) is 34.3. The third kappa shape index (κ3) is 38.5. The maximum Gasteiger partial charge on any atom is 0.220 e. The highest BCUT2D eigenvalue weighted by Gasteiger charge is 2.44. The third-order valence-corrected chi connectivity index (χ3v) is 12.6. The van der Waals surface area contributed by atoms with Crippen LogP contribution in [0, 0.1) is 0 Å². The van der Waals surface area contributed by atoms with Crippen molar-refractivity contribution in [3.05, 3.63) is 109 Å². The van der Waals surface area contributed by atoms with Crippen LogP contribution in [0.2, 0.25) is 0 Å². The predicted octanol–water partition coefficient (Wildman–Crippen LogP) is 13.8. The van der Waals surface area contributed by atoms with Crippen molar-refractivity contribution in [3.8, 4) is 0 Å². The van der Waals surface area contributed by atoms with Gasteiger partial charge in [0.15, 0.2) is 6.29 Å². The molecule has 7 atom stereocenters. The molecule has 1 aliphatic heterocycles. The molecule has 0 aromatic heterocycles. The van der Waals surface area contributed by atoms with Gasteiger partial charge in [0, 0.05) is 6.42 Å². The van der Waals surface area contributed by atoms with E-state index in [9.17, 15) is 30.3 Å². The van der Waals surface area contributed by atoms with E-state index in [0.717, 1.165) is 103 Å². The van der Waals surface area contributed by atoms with Crippen LogP contribution in [-0.2, 0) is 14.3 Å². The van der Waals surface area contributed by atoms with E-state index in [1.54, 1.807) is 0 Å². The molecule has 7 unspecified atom stereocenters. The second-order valence-electron chi connectivity index (χ2n) is 19.0. The minimum Gasteiger partial charge on any atom is -0.394 e. The number of carbonyl (C=O) groups is 1. The number of allylic oxidation sites excluding steroid dienone is 18. The molecule has 70 heavy (non-hydrogen) atoms. The van der Waals surface area contributed by atoms with E-state index in [-0.39, 0.29) is 12.5 Å². The van der Waals surface area contributed by atoms with Crippen LogP contribution in [0.3, 0.4) is 0 Å². The number of hydrogen-bond donors (Lipinski definition) is 6. The zero-order valence-corrected chi connectivity index (χ0v) is 44.2. The van der Waals surface area contributed by atoms with E-state index in [2.05, 4.69) is 129 Å². The molecule has 1 fully saturated rings. The lowest BCUT2D eigenvalue weighted by Crippen LogP contribution is -2.60.